The van der Waals surface area contributed by atoms with Crippen molar-refractivity contribution in [1.82, 2.24) is 4.90 Å². The second kappa shape index (κ2) is 12.0. The van der Waals surface area contributed by atoms with Crippen LogP contribution in [0, 0.1) is 5.92 Å². The van der Waals surface area contributed by atoms with Crippen LogP contribution in [0.1, 0.15) is 63.9 Å². The number of halogens is 1. The molecule has 1 saturated carbocycles. The number of aryl methyl sites for hydroxylation is 1. The number of benzene rings is 1. The van der Waals surface area contributed by atoms with Crippen LogP contribution in [0.15, 0.2) is 30.3 Å². The zero-order valence-corrected chi connectivity index (χ0v) is 15.1. The molecule has 0 aliphatic heterocycles. The maximum absolute atomic E-state index is 2.64. The number of nitrogens with zero attached hydrogens (tertiary/aromatic N) is 1. The quantitative estimate of drug-likeness (QED) is 0.561. The number of rotatable bonds is 9. The minimum absolute atomic E-state index is 0. The van der Waals surface area contributed by atoms with Gasteiger partial charge < -0.3 is 4.90 Å². The van der Waals surface area contributed by atoms with E-state index in [-0.39, 0.29) is 12.4 Å². The Morgan fingerprint density at radius 3 is 2.32 bits per heavy atom. The van der Waals surface area contributed by atoms with Crippen LogP contribution in [0.3, 0.4) is 0 Å². The van der Waals surface area contributed by atoms with Crippen molar-refractivity contribution in [2.45, 2.75) is 64.7 Å². The monoisotopic (exact) mass is 323 g/mol. The van der Waals surface area contributed by atoms with Gasteiger partial charge in [0.05, 0.1) is 0 Å². The Morgan fingerprint density at radius 2 is 1.64 bits per heavy atom. The molecule has 0 radical (unpaired) electrons. The third-order valence-corrected chi connectivity index (χ3v) is 5.04. The molecule has 0 bridgehead atoms. The second-order valence-corrected chi connectivity index (χ2v) is 6.67. The van der Waals surface area contributed by atoms with Crippen LogP contribution in [0.2, 0.25) is 0 Å². The van der Waals surface area contributed by atoms with Crippen molar-refractivity contribution in [3.8, 4) is 0 Å². The highest BCUT2D eigenvalue weighted by atomic mass is 35.5. The molecule has 22 heavy (non-hydrogen) atoms. The first-order valence-electron chi connectivity index (χ1n) is 9.14. The molecule has 2 heteroatoms. The lowest BCUT2D eigenvalue weighted by molar-refractivity contribution is 0.256. The molecule has 1 aliphatic carbocycles. The van der Waals surface area contributed by atoms with E-state index in [1.807, 2.05) is 0 Å². The zero-order valence-electron chi connectivity index (χ0n) is 14.3. The normalized spacial score (nSPS) is 15.7. The smallest absolute Gasteiger partial charge is 0.00157 e. The lowest BCUT2D eigenvalue weighted by Gasteiger charge is -2.24. The van der Waals surface area contributed by atoms with Crippen LogP contribution in [0.4, 0.5) is 0 Å². The van der Waals surface area contributed by atoms with Crippen LogP contribution >= 0.6 is 12.4 Å². The molecule has 0 saturated heterocycles. The van der Waals surface area contributed by atoms with E-state index in [0.29, 0.717) is 0 Å². The molecule has 1 aromatic carbocycles. The Labute approximate surface area is 143 Å². The average molecular weight is 324 g/mol. The van der Waals surface area contributed by atoms with Crippen LogP contribution in [0.5, 0.6) is 0 Å². The lowest BCUT2D eigenvalue weighted by atomic mass is 9.86. The van der Waals surface area contributed by atoms with Gasteiger partial charge in [-0.15, -0.1) is 12.4 Å². The lowest BCUT2D eigenvalue weighted by Crippen LogP contribution is -2.26. The van der Waals surface area contributed by atoms with Crippen LogP contribution in [-0.4, -0.2) is 24.5 Å². The molecule has 1 aliphatic rings. The third kappa shape index (κ3) is 7.65. The van der Waals surface area contributed by atoms with Gasteiger partial charge in [-0.3, -0.25) is 0 Å². The molecule has 1 fully saturated rings. The summed E-state index contributed by atoms with van der Waals surface area (Å²) >= 11 is 0. The van der Waals surface area contributed by atoms with Gasteiger partial charge in [0, 0.05) is 0 Å². The van der Waals surface area contributed by atoms with Gasteiger partial charge in [-0.05, 0) is 56.8 Å². The molecule has 0 aromatic heterocycles. The Balaban J connectivity index is 0.00000242. The second-order valence-electron chi connectivity index (χ2n) is 6.67. The summed E-state index contributed by atoms with van der Waals surface area (Å²) in [6, 6.07) is 10.9. The van der Waals surface area contributed by atoms with E-state index in [0.717, 1.165) is 5.92 Å². The topological polar surface area (TPSA) is 3.24 Å². The van der Waals surface area contributed by atoms with Crippen molar-refractivity contribution in [3.63, 3.8) is 0 Å². The van der Waals surface area contributed by atoms with Crippen molar-refractivity contribution in [2.75, 3.05) is 19.6 Å². The molecule has 1 aromatic rings. The predicted molar refractivity (Wildman–Crippen MR) is 99.9 cm³/mol. The molecule has 0 unspecified atom stereocenters. The summed E-state index contributed by atoms with van der Waals surface area (Å²) in [5.41, 5.74) is 1.48. The van der Waals surface area contributed by atoms with E-state index >= 15 is 0 Å². The minimum atomic E-state index is 0. The summed E-state index contributed by atoms with van der Waals surface area (Å²) in [5, 5.41) is 0. The van der Waals surface area contributed by atoms with Gasteiger partial charge in [0.15, 0.2) is 0 Å². The Morgan fingerprint density at radius 1 is 0.955 bits per heavy atom. The van der Waals surface area contributed by atoms with E-state index in [4.69, 9.17) is 0 Å². The molecule has 0 N–H and O–H groups in total. The summed E-state index contributed by atoms with van der Waals surface area (Å²) < 4.78 is 0. The van der Waals surface area contributed by atoms with Crippen molar-refractivity contribution >= 4 is 12.4 Å². The average Bonchev–Trinajstić information content (AvgIpc) is 2.55. The Kier molecular flexibility index (Phi) is 10.6. The Bertz CT molecular complexity index is 359. The Hall–Kier alpha value is -0.530. The van der Waals surface area contributed by atoms with Crippen molar-refractivity contribution in [2.24, 2.45) is 5.92 Å². The summed E-state index contributed by atoms with van der Waals surface area (Å²) in [7, 11) is 0. The van der Waals surface area contributed by atoms with Crippen LogP contribution < -0.4 is 0 Å². The fourth-order valence-electron chi connectivity index (χ4n) is 3.66. The maximum atomic E-state index is 2.64. The largest absolute Gasteiger partial charge is 0.304 e. The fourth-order valence-corrected chi connectivity index (χ4v) is 3.66. The maximum Gasteiger partial charge on any atom is -0.00157 e. The van der Waals surface area contributed by atoms with Crippen molar-refractivity contribution in [1.29, 1.82) is 0 Å². The molecular weight excluding hydrogens is 290 g/mol. The van der Waals surface area contributed by atoms with Crippen LogP contribution in [0.25, 0.3) is 0 Å². The summed E-state index contributed by atoms with van der Waals surface area (Å²) in [6.45, 7) is 6.08. The molecule has 0 amide bonds. The van der Waals surface area contributed by atoms with Crippen molar-refractivity contribution in [3.05, 3.63) is 35.9 Å². The van der Waals surface area contributed by atoms with E-state index < -0.39 is 0 Å². The SMILES string of the molecule is CCN(CCCc1ccccc1)CCCC1CCCCC1.Cl. The minimum Gasteiger partial charge on any atom is -0.304 e. The molecular formula is C20H34ClN. The molecule has 0 heterocycles. The van der Waals surface area contributed by atoms with Gasteiger partial charge in [0.2, 0.25) is 0 Å². The molecule has 2 rings (SSSR count). The molecule has 126 valence electrons. The van der Waals surface area contributed by atoms with Gasteiger partial charge in [-0.2, -0.15) is 0 Å². The fraction of sp³-hybridized carbons (Fsp3) is 0.700. The standard InChI is InChI=1S/C20H33N.ClH/c1-2-21(17-9-15-19-11-5-3-6-12-19)18-10-16-20-13-7-4-8-14-20;/h3,5-6,11-12,20H,2,4,7-10,13-18H2,1H3;1H. The zero-order chi connectivity index (χ0) is 14.8. The van der Waals surface area contributed by atoms with Gasteiger partial charge in [0.25, 0.3) is 0 Å². The highest BCUT2D eigenvalue weighted by Gasteiger charge is 2.13. The summed E-state index contributed by atoms with van der Waals surface area (Å²) in [4.78, 5) is 2.64. The highest BCUT2D eigenvalue weighted by Crippen LogP contribution is 2.27. The van der Waals surface area contributed by atoms with Gasteiger partial charge in [-0.1, -0.05) is 69.4 Å². The first kappa shape index (κ1) is 19.5. The molecule has 0 spiro atoms. The van der Waals surface area contributed by atoms with Crippen molar-refractivity contribution < 1.29 is 0 Å². The van der Waals surface area contributed by atoms with Gasteiger partial charge in [-0.25, -0.2) is 0 Å². The molecule has 1 nitrogen and oxygen atoms in total. The van der Waals surface area contributed by atoms with Gasteiger partial charge >= 0.3 is 0 Å². The first-order chi connectivity index (χ1) is 10.4. The molecule has 0 atom stereocenters. The number of hydrogen-bond donors (Lipinski definition) is 0. The van der Waals surface area contributed by atoms with E-state index in [9.17, 15) is 0 Å². The number of hydrogen-bond acceptors (Lipinski definition) is 1. The highest BCUT2D eigenvalue weighted by molar-refractivity contribution is 5.85. The van der Waals surface area contributed by atoms with Gasteiger partial charge in [0.1, 0.15) is 0 Å². The van der Waals surface area contributed by atoms with E-state index in [1.165, 1.54) is 83.0 Å². The van der Waals surface area contributed by atoms with E-state index in [2.05, 4.69) is 42.2 Å². The third-order valence-electron chi connectivity index (χ3n) is 5.04. The summed E-state index contributed by atoms with van der Waals surface area (Å²) in [5.74, 6) is 1.04. The van der Waals surface area contributed by atoms with Crippen LogP contribution in [-0.2, 0) is 6.42 Å². The summed E-state index contributed by atoms with van der Waals surface area (Å²) in [6.07, 6.45) is 12.8. The first-order valence-corrected chi connectivity index (χ1v) is 9.14. The predicted octanol–water partition coefficient (Wildman–Crippen LogP) is 5.72. The van der Waals surface area contributed by atoms with E-state index in [1.54, 1.807) is 0 Å².